The van der Waals surface area contributed by atoms with Crippen molar-refractivity contribution in [1.29, 1.82) is 0 Å². The van der Waals surface area contributed by atoms with Gasteiger partial charge in [0.25, 0.3) is 0 Å². The Morgan fingerprint density at radius 2 is 2.18 bits per heavy atom. The van der Waals surface area contributed by atoms with E-state index in [1.54, 1.807) is 13.3 Å². The molecule has 0 saturated heterocycles. The van der Waals surface area contributed by atoms with Crippen LogP contribution in [-0.2, 0) is 13.5 Å². The highest BCUT2D eigenvalue weighted by molar-refractivity contribution is 5.66. The first kappa shape index (κ1) is 15.5. The number of hydrogen-bond donors (Lipinski definition) is 1. The van der Waals surface area contributed by atoms with Crippen LogP contribution in [0.4, 0.5) is 11.5 Å². The lowest BCUT2D eigenvalue weighted by Gasteiger charge is -2.02. The topological polar surface area (TPSA) is 94.6 Å². The maximum Gasteiger partial charge on any atom is 0.397 e. The zero-order valence-corrected chi connectivity index (χ0v) is 12.4. The highest BCUT2D eigenvalue weighted by atomic mass is 16.6. The van der Waals surface area contributed by atoms with Crippen LogP contribution in [0.25, 0.3) is 0 Å². The summed E-state index contributed by atoms with van der Waals surface area (Å²) in [6.07, 6.45) is 1.80. The number of aromatic nitrogens is 2. The summed E-state index contributed by atoms with van der Waals surface area (Å²) < 4.78 is 6.80. The van der Waals surface area contributed by atoms with Gasteiger partial charge in [0.05, 0.1) is 24.4 Å². The fourth-order valence-corrected chi connectivity index (χ4v) is 1.95. The molecule has 0 aliphatic carbocycles. The molecule has 0 bridgehead atoms. The smallest absolute Gasteiger partial charge is 0.397 e. The minimum Gasteiger partial charge on any atom is -0.477 e. The standard InChI is InChI=1S/C14H17N5O3/c1-3-22-14-12(13(19(20)21)17-18(14)2)9-10-15-16-11-7-5-4-6-8-11/h4-8,10,16H,3,9H2,1-2H3. The third-order valence-electron chi connectivity index (χ3n) is 2.87. The SMILES string of the molecule is CCOc1c(CC=NNc2ccccc2)c([N+](=O)[O-])nn1C. The molecule has 0 aliphatic rings. The van der Waals surface area contributed by atoms with Crippen LogP contribution in [-0.4, -0.2) is 27.5 Å². The molecule has 2 aromatic rings. The molecule has 0 spiro atoms. The Balaban J connectivity index is 2.12. The quantitative estimate of drug-likeness (QED) is 0.481. The van der Waals surface area contributed by atoms with Gasteiger partial charge in [-0.15, -0.1) is 4.68 Å². The summed E-state index contributed by atoms with van der Waals surface area (Å²) in [6, 6.07) is 9.42. The van der Waals surface area contributed by atoms with Crippen molar-refractivity contribution in [2.24, 2.45) is 12.1 Å². The van der Waals surface area contributed by atoms with E-state index in [1.165, 1.54) is 4.68 Å². The van der Waals surface area contributed by atoms with Gasteiger partial charge in [-0.2, -0.15) is 5.10 Å². The molecule has 0 amide bonds. The first-order valence-electron chi connectivity index (χ1n) is 6.79. The number of hydrazone groups is 1. The molecule has 1 aromatic heterocycles. The second kappa shape index (κ2) is 7.21. The summed E-state index contributed by atoms with van der Waals surface area (Å²) in [6.45, 7) is 2.22. The highest BCUT2D eigenvalue weighted by Gasteiger charge is 2.26. The molecule has 0 atom stereocenters. The van der Waals surface area contributed by atoms with Crippen LogP contribution in [0.3, 0.4) is 0 Å². The Kier molecular flexibility index (Phi) is 5.07. The Labute approximate surface area is 127 Å². The zero-order valence-electron chi connectivity index (χ0n) is 12.4. The molecule has 0 fully saturated rings. The van der Waals surface area contributed by atoms with E-state index in [-0.39, 0.29) is 12.2 Å². The molecule has 116 valence electrons. The van der Waals surface area contributed by atoms with Gasteiger partial charge in [0.1, 0.15) is 5.56 Å². The van der Waals surface area contributed by atoms with E-state index in [1.807, 2.05) is 37.3 Å². The number of benzene rings is 1. The van der Waals surface area contributed by atoms with Crippen LogP contribution >= 0.6 is 0 Å². The highest BCUT2D eigenvalue weighted by Crippen LogP contribution is 2.27. The molecule has 8 nitrogen and oxygen atoms in total. The summed E-state index contributed by atoms with van der Waals surface area (Å²) in [7, 11) is 1.61. The zero-order chi connectivity index (χ0) is 15.9. The molecule has 1 heterocycles. The minimum absolute atomic E-state index is 0.211. The minimum atomic E-state index is -0.518. The summed E-state index contributed by atoms with van der Waals surface area (Å²) >= 11 is 0. The predicted octanol–water partition coefficient (Wildman–Crippen LogP) is 2.37. The van der Waals surface area contributed by atoms with E-state index in [9.17, 15) is 10.1 Å². The van der Waals surface area contributed by atoms with Crippen molar-refractivity contribution in [3.8, 4) is 5.88 Å². The molecule has 0 aliphatic heterocycles. The summed E-state index contributed by atoms with van der Waals surface area (Å²) in [5, 5.41) is 19.0. The molecule has 8 heteroatoms. The average molecular weight is 303 g/mol. The van der Waals surface area contributed by atoms with Gasteiger partial charge in [0.15, 0.2) is 0 Å². The van der Waals surface area contributed by atoms with Gasteiger partial charge in [-0.05, 0) is 24.0 Å². The number of aryl methyl sites for hydroxylation is 1. The van der Waals surface area contributed by atoms with E-state index >= 15 is 0 Å². The number of ether oxygens (including phenoxy) is 1. The fourth-order valence-electron chi connectivity index (χ4n) is 1.95. The molecule has 0 unspecified atom stereocenters. The van der Waals surface area contributed by atoms with E-state index in [0.717, 1.165) is 5.69 Å². The number of para-hydroxylation sites is 1. The lowest BCUT2D eigenvalue weighted by molar-refractivity contribution is -0.390. The van der Waals surface area contributed by atoms with Crippen molar-refractivity contribution >= 4 is 17.7 Å². The number of nitro groups is 1. The van der Waals surface area contributed by atoms with E-state index < -0.39 is 4.92 Å². The van der Waals surface area contributed by atoms with Gasteiger partial charge in [-0.1, -0.05) is 18.2 Å². The maximum atomic E-state index is 11.1. The number of rotatable bonds is 7. The van der Waals surface area contributed by atoms with Gasteiger partial charge in [0.2, 0.25) is 5.88 Å². The average Bonchev–Trinajstić information content (AvgIpc) is 2.82. The molecule has 1 aromatic carbocycles. The van der Waals surface area contributed by atoms with Crippen LogP contribution in [0.5, 0.6) is 5.88 Å². The van der Waals surface area contributed by atoms with Crippen LogP contribution in [0.2, 0.25) is 0 Å². The van der Waals surface area contributed by atoms with Gasteiger partial charge in [-0.25, -0.2) is 0 Å². The molecule has 1 N–H and O–H groups in total. The van der Waals surface area contributed by atoms with E-state index in [4.69, 9.17) is 4.74 Å². The van der Waals surface area contributed by atoms with Crippen LogP contribution in [0.1, 0.15) is 12.5 Å². The fraction of sp³-hybridized carbons (Fsp3) is 0.286. The normalized spacial score (nSPS) is 10.8. The molecule has 2 rings (SSSR count). The Bertz CT molecular complexity index is 667. The van der Waals surface area contributed by atoms with Crippen molar-refractivity contribution in [3.05, 3.63) is 46.0 Å². The second-order valence-corrected chi connectivity index (χ2v) is 4.41. The molecular formula is C14H17N5O3. The monoisotopic (exact) mass is 303 g/mol. The van der Waals surface area contributed by atoms with Crippen molar-refractivity contribution in [3.63, 3.8) is 0 Å². The van der Waals surface area contributed by atoms with Crippen LogP contribution in [0, 0.1) is 10.1 Å². The Hall–Kier alpha value is -2.90. The number of nitrogens with one attached hydrogen (secondary N) is 1. The number of nitrogens with zero attached hydrogens (tertiary/aromatic N) is 4. The molecule has 22 heavy (non-hydrogen) atoms. The number of anilines is 1. The second-order valence-electron chi connectivity index (χ2n) is 4.41. The molecule has 0 saturated carbocycles. The van der Waals surface area contributed by atoms with E-state index in [2.05, 4.69) is 15.6 Å². The van der Waals surface area contributed by atoms with Gasteiger partial charge >= 0.3 is 5.82 Å². The lowest BCUT2D eigenvalue weighted by Crippen LogP contribution is -2.02. The molecule has 0 radical (unpaired) electrons. The Morgan fingerprint density at radius 1 is 1.45 bits per heavy atom. The third-order valence-corrected chi connectivity index (χ3v) is 2.87. The van der Waals surface area contributed by atoms with Crippen molar-refractivity contribution < 1.29 is 9.66 Å². The van der Waals surface area contributed by atoms with Crippen LogP contribution in [0.15, 0.2) is 35.4 Å². The van der Waals surface area contributed by atoms with E-state index in [0.29, 0.717) is 18.1 Å². The number of hydrogen-bond acceptors (Lipinski definition) is 6. The first-order valence-corrected chi connectivity index (χ1v) is 6.79. The summed E-state index contributed by atoms with van der Waals surface area (Å²) in [5.74, 6) is 0.178. The predicted molar refractivity (Wildman–Crippen MR) is 83.3 cm³/mol. The molecular weight excluding hydrogens is 286 g/mol. The van der Waals surface area contributed by atoms with Crippen molar-refractivity contribution in [2.75, 3.05) is 12.0 Å². The third kappa shape index (κ3) is 3.60. The van der Waals surface area contributed by atoms with Gasteiger partial charge in [0, 0.05) is 12.6 Å². The largest absolute Gasteiger partial charge is 0.477 e. The van der Waals surface area contributed by atoms with Gasteiger partial charge < -0.3 is 14.9 Å². The summed E-state index contributed by atoms with van der Waals surface area (Å²) in [4.78, 5) is 10.5. The lowest BCUT2D eigenvalue weighted by atomic mass is 10.2. The first-order chi connectivity index (χ1) is 10.6. The summed E-state index contributed by atoms with van der Waals surface area (Å²) in [5.41, 5.74) is 4.10. The van der Waals surface area contributed by atoms with Crippen molar-refractivity contribution in [1.82, 2.24) is 9.78 Å². The Morgan fingerprint density at radius 3 is 2.82 bits per heavy atom. The van der Waals surface area contributed by atoms with Gasteiger partial charge in [-0.3, -0.25) is 5.43 Å². The van der Waals surface area contributed by atoms with Crippen molar-refractivity contribution in [2.45, 2.75) is 13.3 Å². The van der Waals surface area contributed by atoms with Crippen LogP contribution < -0.4 is 10.2 Å². The maximum absolute atomic E-state index is 11.1.